The van der Waals surface area contributed by atoms with Crippen molar-refractivity contribution >= 4 is 0 Å². The Morgan fingerprint density at radius 2 is 2.00 bits per heavy atom. The highest BCUT2D eigenvalue weighted by molar-refractivity contribution is 5.05. The number of ether oxygens (including phenoxy) is 1. The molecule has 1 heterocycles. The van der Waals surface area contributed by atoms with Crippen molar-refractivity contribution in [2.75, 3.05) is 19.7 Å². The Kier molecular flexibility index (Phi) is 4.14. The van der Waals surface area contributed by atoms with Gasteiger partial charge in [0.05, 0.1) is 6.10 Å². The minimum atomic E-state index is 0.513. The maximum Gasteiger partial charge on any atom is 0.0603 e. The summed E-state index contributed by atoms with van der Waals surface area (Å²) in [4.78, 5) is 0. The van der Waals surface area contributed by atoms with Gasteiger partial charge in [0, 0.05) is 6.61 Å². The molecule has 0 amide bonds. The van der Waals surface area contributed by atoms with Crippen LogP contribution in [0.5, 0.6) is 0 Å². The molecule has 3 unspecified atom stereocenters. The molecule has 2 aliphatic rings. The van der Waals surface area contributed by atoms with Crippen molar-refractivity contribution in [1.29, 1.82) is 0 Å². The molecule has 1 aliphatic heterocycles. The Morgan fingerprint density at radius 1 is 1.24 bits per heavy atom. The van der Waals surface area contributed by atoms with E-state index in [-0.39, 0.29) is 0 Å². The molecule has 100 valence electrons. The first kappa shape index (κ1) is 13.4. The molecule has 1 spiro atoms. The monoisotopic (exact) mass is 239 g/mol. The molecule has 0 radical (unpaired) electrons. The molecule has 17 heavy (non-hydrogen) atoms. The highest BCUT2D eigenvalue weighted by Gasteiger charge is 2.55. The van der Waals surface area contributed by atoms with E-state index in [0.717, 1.165) is 25.0 Å². The zero-order valence-corrected chi connectivity index (χ0v) is 12.0. The van der Waals surface area contributed by atoms with Gasteiger partial charge in [-0.25, -0.2) is 0 Å². The predicted octanol–water partition coefficient (Wildman–Crippen LogP) is 3.07. The zero-order valence-electron chi connectivity index (χ0n) is 12.0. The minimum absolute atomic E-state index is 0.513. The van der Waals surface area contributed by atoms with Crippen molar-refractivity contribution in [3.05, 3.63) is 0 Å². The summed E-state index contributed by atoms with van der Waals surface area (Å²) in [5.41, 5.74) is 0.650. The summed E-state index contributed by atoms with van der Waals surface area (Å²) in [5.74, 6) is 2.37. The maximum absolute atomic E-state index is 5.89. The fourth-order valence-electron chi connectivity index (χ4n) is 3.23. The van der Waals surface area contributed by atoms with E-state index in [1.807, 2.05) is 0 Å². The molecule has 1 N–H and O–H groups in total. The van der Waals surface area contributed by atoms with Gasteiger partial charge in [0.15, 0.2) is 0 Å². The Hall–Kier alpha value is -0.0800. The van der Waals surface area contributed by atoms with Gasteiger partial charge in [0.1, 0.15) is 0 Å². The topological polar surface area (TPSA) is 21.3 Å². The van der Waals surface area contributed by atoms with E-state index in [1.54, 1.807) is 0 Å². The van der Waals surface area contributed by atoms with Crippen LogP contribution in [0.15, 0.2) is 0 Å². The van der Waals surface area contributed by atoms with Crippen LogP contribution in [0.2, 0.25) is 0 Å². The van der Waals surface area contributed by atoms with Crippen LogP contribution >= 0.6 is 0 Å². The SMILES string of the molecule is CC(C)CNCC1CC12CCOC(C(C)C)C2. The van der Waals surface area contributed by atoms with Gasteiger partial charge in [0.2, 0.25) is 0 Å². The smallest absolute Gasteiger partial charge is 0.0603 e. The third-order valence-corrected chi connectivity index (χ3v) is 4.59. The third kappa shape index (κ3) is 3.23. The van der Waals surface area contributed by atoms with Crippen LogP contribution in [0.4, 0.5) is 0 Å². The van der Waals surface area contributed by atoms with Crippen molar-refractivity contribution in [1.82, 2.24) is 5.32 Å². The van der Waals surface area contributed by atoms with Crippen LogP contribution in [0.25, 0.3) is 0 Å². The molecule has 0 bridgehead atoms. The second-order valence-corrected chi connectivity index (χ2v) is 6.92. The molecule has 0 aromatic heterocycles. The zero-order chi connectivity index (χ0) is 12.5. The van der Waals surface area contributed by atoms with Gasteiger partial charge in [-0.05, 0) is 55.5 Å². The lowest BCUT2D eigenvalue weighted by Gasteiger charge is -2.33. The van der Waals surface area contributed by atoms with Gasteiger partial charge in [0.25, 0.3) is 0 Å². The van der Waals surface area contributed by atoms with Crippen LogP contribution in [0.3, 0.4) is 0 Å². The average molecular weight is 239 g/mol. The Morgan fingerprint density at radius 3 is 2.65 bits per heavy atom. The van der Waals surface area contributed by atoms with E-state index < -0.39 is 0 Å². The van der Waals surface area contributed by atoms with Crippen LogP contribution in [-0.2, 0) is 4.74 Å². The van der Waals surface area contributed by atoms with Crippen LogP contribution in [0.1, 0.15) is 47.0 Å². The van der Waals surface area contributed by atoms with Crippen molar-refractivity contribution < 1.29 is 4.74 Å². The molecule has 2 heteroatoms. The van der Waals surface area contributed by atoms with Crippen LogP contribution in [0, 0.1) is 23.2 Å². The second kappa shape index (κ2) is 5.27. The van der Waals surface area contributed by atoms with Gasteiger partial charge in [-0.1, -0.05) is 27.7 Å². The van der Waals surface area contributed by atoms with E-state index in [9.17, 15) is 0 Å². The van der Waals surface area contributed by atoms with Crippen LogP contribution < -0.4 is 5.32 Å². The standard InChI is InChI=1S/C15H29NO/c1-11(2)9-16-10-13-7-15(13)5-6-17-14(8-15)12(3)4/h11-14,16H,5-10H2,1-4H3. The second-order valence-electron chi connectivity index (χ2n) is 6.92. The Balaban J connectivity index is 1.75. The van der Waals surface area contributed by atoms with E-state index in [2.05, 4.69) is 33.0 Å². The summed E-state index contributed by atoms with van der Waals surface area (Å²) in [6.07, 6.45) is 4.55. The van der Waals surface area contributed by atoms with Gasteiger partial charge >= 0.3 is 0 Å². The highest BCUT2D eigenvalue weighted by atomic mass is 16.5. The summed E-state index contributed by atoms with van der Waals surface area (Å²) in [5, 5.41) is 3.62. The lowest BCUT2D eigenvalue weighted by atomic mass is 9.86. The van der Waals surface area contributed by atoms with E-state index >= 15 is 0 Å². The molecular weight excluding hydrogens is 210 g/mol. The largest absolute Gasteiger partial charge is 0.378 e. The van der Waals surface area contributed by atoms with Crippen molar-refractivity contribution in [2.24, 2.45) is 23.2 Å². The van der Waals surface area contributed by atoms with Crippen molar-refractivity contribution in [2.45, 2.75) is 53.1 Å². The molecule has 2 fully saturated rings. The summed E-state index contributed by atoms with van der Waals surface area (Å²) in [6, 6.07) is 0. The molecule has 2 rings (SSSR count). The first-order chi connectivity index (χ1) is 8.03. The molecule has 2 nitrogen and oxygen atoms in total. The molecular formula is C15H29NO. The van der Waals surface area contributed by atoms with Crippen molar-refractivity contribution in [3.63, 3.8) is 0 Å². The minimum Gasteiger partial charge on any atom is -0.378 e. The number of nitrogens with one attached hydrogen (secondary N) is 1. The number of hydrogen-bond acceptors (Lipinski definition) is 2. The van der Waals surface area contributed by atoms with E-state index in [0.29, 0.717) is 17.4 Å². The lowest BCUT2D eigenvalue weighted by Crippen LogP contribution is -2.33. The van der Waals surface area contributed by atoms with E-state index in [1.165, 1.54) is 25.8 Å². The number of hydrogen-bond donors (Lipinski definition) is 1. The van der Waals surface area contributed by atoms with Gasteiger partial charge in [-0.3, -0.25) is 0 Å². The predicted molar refractivity (Wildman–Crippen MR) is 72.1 cm³/mol. The molecule has 0 aromatic carbocycles. The van der Waals surface area contributed by atoms with Gasteiger partial charge in [-0.15, -0.1) is 0 Å². The fourth-order valence-corrected chi connectivity index (χ4v) is 3.23. The summed E-state index contributed by atoms with van der Waals surface area (Å²) < 4.78 is 5.89. The first-order valence-corrected chi connectivity index (χ1v) is 7.36. The Bertz CT molecular complexity index is 251. The lowest BCUT2D eigenvalue weighted by molar-refractivity contribution is -0.0444. The first-order valence-electron chi connectivity index (χ1n) is 7.36. The molecule has 3 atom stereocenters. The number of rotatable bonds is 5. The molecule has 1 aliphatic carbocycles. The summed E-state index contributed by atoms with van der Waals surface area (Å²) in [7, 11) is 0. The van der Waals surface area contributed by atoms with Gasteiger partial charge < -0.3 is 10.1 Å². The molecule has 1 saturated heterocycles. The summed E-state index contributed by atoms with van der Waals surface area (Å²) in [6.45, 7) is 12.5. The highest BCUT2D eigenvalue weighted by Crippen LogP contribution is 2.60. The summed E-state index contributed by atoms with van der Waals surface area (Å²) >= 11 is 0. The third-order valence-electron chi connectivity index (χ3n) is 4.59. The normalized spacial score (nSPS) is 37.1. The fraction of sp³-hybridized carbons (Fsp3) is 1.00. The molecule has 0 aromatic rings. The van der Waals surface area contributed by atoms with Crippen LogP contribution in [-0.4, -0.2) is 25.8 Å². The van der Waals surface area contributed by atoms with Crippen molar-refractivity contribution in [3.8, 4) is 0 Å². The Labute approximate surface area is 107 Å². The van der Waals surface area contributed by atoms with Gasteiger partial charge in [-0.2, -0.15) is 0 Å². The van der Waals surface area contributed by atoms with E-state index in [4.69, 9.17) is 4.74 Å². The quantitative estimate of drug-likeness (QED) is 0.796. The maximum atomic E-state index is 5.89. The average Bonchev–Trinajstić information content (AvgIpc) is 2.90. The molecule has 1 saturated carbocycles.